The zero-order valence-corrected chi connectivity index (χ0v) is 19.4. The minimum absolute atomic E-state index is 0.0116. The molecule has 10 heteroatoms. The van der Waals surface area contributed by atoms with Crippen molar-refractivity contribution in [2.24, 2.45) is 0 Å². The van der Waals surface area contributed by atoms with Crippen LogP contribution < -0.4 is 10.6 Å². The summed E-state index contributed by atoms with van der Waals surface area (Å²) in [4.78, 5) is 43.7. The number of aromatic nitrogens is 1. The van der Waals surface area contributed by atoms with Crippen LogP contribution in [0.1, 0.15) is 59.7 Å². The highest BCUT2D eigenvalue weighted by Crippen LogP contribution is 2.38. The summed E-state index contributed by atoms with van der Waals surface area (Å²) in [6, 6.07) is 9.22. The number of ether oxygens (including phenoxy) is 2. The maximum Gasteiger partial charge on any atom is 0.410 e. The number of rotatable bonds is 6. The second-order valence-corrected chi connectivity index (χ2v) is 9.19. The van der Waals surface area contributed by atoms with Crippen LogP contribution in [0.2, 0.25) is 0 Å². The molecule has 2 aliphatic rings. The van der Waals surface area contributed by atoms with Crippen LogP contribution in [-0.4, -0.2) is 53.6 Å². The number of hydrogen-bond donors (Lipinski definition) is 2. The molecule has 1 atom stereocenters. The van der Waals surface area contributed by atoms with Gasteiger partial charge in [0.2, 0.25) is 5.91 Å². The Kier molecular flexibility index (Phi) is 7.56. The molecule has 0 saturated carbocycles. The van der Waals surface area contributed by atoms with Crippen molar-refractivity contribution in [3.8, 4) is 0 Å². The van der Waals surface area contributed by atoms with Gasteiger partial charge in [0.05, 0.1) is 6.04 Å². The Hall–Kier alpha value is -2.98. The van der Waals surface area contributed by atoms with E-state index in [0.717, 1.165) is 24.8 Å². The molecule has 4 rings (SSSR count). The zero-order chi connectivity index (χ0) is 23.2. The number of amides is 3. The predicted octanol–water partition coefficient (Wildman–Crippen LogP) is 3.48. The van der Waals surface area contributed by atoms with E-state index in [1.807, 2.05) is 30.3 Å². The number of nitrogens with zero attached hydrogens (tertiary/aromatic N) is 2. The molecule has 9 nitrogen and oxygen atoms in total. The van der Waals surface area contributed by atoms with E-state index >= 15 is 0 Å². The molecule has 2 aromatic rings. The van der Waals surface area contributed by atoms with Crippen molar-refractivity contribution >= 4 is 34.2 Å². The summed E-state index contributed by atoms with van der Waals surface area (Å²) in [5.74, 6) is -0.611. The summed E-state index contributed by atoms with van der Waals surface area (Å²) in [5, 5.41) is 6.73. The summed E-state index contributed by atoms with van der Waals surface area (Å²) in [5.41, 5.74) is 1.09. The standard InChI is InChI=1S/C23H28N4O5S/c1-15(28)24-22-19(20(29)25-17-9-12-31-13-10-17)26-21(33-22)18-8-5-11-27(18)23(30)32-14-16-6-3-2-4-7-16/h2-4,6-7,17-18H,5,8-14H2,1H3,(H,24,28)(H,25,29). The van der Waals surface area contributed by atoms with Crippen LogP contribution in [-0.2, 0) is 20.9 Å². The molecule has 3 amide bonds. The molecule has 2 aliphatic heterocycles. The summed E-state index contributed by atoms with van der Waals surface area (Å²) < 4.78 is 10.9. The maximum absolute atomic E-state index is 13.0. The van der Waals surface area contributed by atoms with E-state index in [0.29, 0.717) is 36.2 Å². The molecule has 0 bridgehead atoms. The van der Waals surface area contributed by atoms with Gasteiger partial charge in [0.15, 0.2) is 5.69 Å². The van der Waals surface area contributed by atoms with Crippen molar-refractivity contribution in [3.05, 3.63) is 46.6 Å². The lowest BCUT2D eigenvalue weighted by Gasteiger charge is -2.23. The van der Waals surface area contributed by atoms with E-state index in [1.54, 1.807) is 4.90 Å². The molecule has 1 aromatic heterocycles. The van der Waals surface area contributed by atoms with Gasteiger partial charge in [-0.15, -0.1) is 0 Å². The Morgan fingerprint density at radius 2 is 1.94 bits per heavy atom. The highest BCUT2D eigenvalue weighted by Gasteiger charge is 2.35. The number of likely N-dealkylation sites (tertiary alicyclic amines) is 1. The molecular formula is C23H28N4O5S. The van der Waals surface area contributed by atoms with Crippen LogP contribution >= 0.6 is 11.3 Å². The van der Waals surface area contributed by atoms with Crippen LogP contribution in [0, 0.1) is 0 Å². The van der Waals surface area contributed by atoms with Crippen molar-refractivity contribution in [2.75, 3.05) is 25.1 Å². The summed E-state index contributed by atoms with van der Waals surface area (Å²) in [6.45, 7) is 3.35. The fourth-order valence-corrected chi connectivity index (χ4v) is 5.17. The van der Waals surface area contributed by atoms with E-state index in [1.165, 1.54) is 18.3 Å². The van der Waals surface area contributed by atoms with Gasteiger partial charge in [-0.1, -0.05) is 41.7 Å². The Labute approximate surface area is 196 Å². The third kappa shape index (κ3) is 5.88. The summed E-state index contributed by atoms with van der Waals surface area (Å²) in [7, 11) is 0. The largest absolute Gasteiger partial charge is 0.445 e. The predicted molar refractivity (Wildman–Crippen MR) is 123 cm³/mol. The minimum Gasteiger partial charge on any atom is -0.445 e. The number of carbonyl (C=O) groups excluding carboxylic acids is 3. The van der Waals surface area contributed by atoms with Gasteiger partial charge in [-0.3, -0.25) is 14.5 Å². The number of anilines is 1. The number of nitrogens with one attached hydrogen (secondary N) is 2. The normalized spacial score (nSPS) is 18.7. The monoisotopic (exact) mass is 472 g/mol. The van der Waals surface area contributed by atoms with Crippen LogP contribution in [0.4, 0.5) is 9.80 Å². The van der Waals surface area contributed by atoms with Gasteiger partial charge in [0, 0.05) is 32.7 Å². The van der Waals surface area contributed by atoms with Gasteiger partial charge in [-0.25, -0.2) is 9.78 Å². The minimum atomic E-state index is -0.411. The van der Waals surface area contributed by atoms with Crippen LogP contribution in [0.15, 0.2) is 30.3 Å². The smallest absolute Gasteiger partial charge is 0.410 e. The summed E-state index contributed by atoms with van der Waals surface area (Å²) >= 11 is 1.23. The fraction of sp³-hybridized carbons (Fsp3) is 0.478. The van der Waals surface area contributed by atoms with E-state index in [4.69, 9.17) is 9.47 Å². The summed E-state index contributed by atoms with van der Waals surface area (Å²) in [6.07, 6.45) is 2.59. The first-order valence-corrected chi connectivity index (χ1v) is 12.0. The zero-order valence-electron chi connectivity index (χ0n) is 18.5. The second kappa shape index (κ2) is 10.8. The highest BCUT2D eigenvalue weighted by atomic mass is 32.1. The Morgan fingerprint density at radius 1 is 1.18 bits per heavy atom. The lowest BCUT2D eigenvalue weighted by molar-refractivity contribution is -0.114. The van der Waals surface area contributed by atoms with Crippen molar-refractivity contribution < 1.29 is 23.9 Å². The Balaban J connectivity index is 1.48. The SMILES string of the molecule is CC(=O)Nc1sc(C2CCCN2C(=O)OCc2ccccc2)nc1C(=O)NC1CCOCC1. The molecule has 1 unspecified atom stereocenters. The van der Waals surface area contributed by atoms with Crippen LogP contribution in [0.3, 0.4) is 0 Å². The quantitative estimate of drug-likeness (QED) is 0.666. The van der Waals surface area contributed by atoms with E-state index < -0.39 is 6.09 Å². The number of carbonyl (C=O) groups is 3. The average Bonchev–Trinajstić information content (AvgIpc) is 3.46. The third-order valence-electron chi connectivity index (χ3n) is 5.68. The molecule has 0 aliphatic carbocycles. The van der Waals surface area contributed by atoms with Gasteiger partial charge >= 0.3 is 6.09 Å². The van der Waals surface area contributed by atoms with E-state index in [2.05, 4.69) is 15.6 Å². The van der Waals surface area contributed by atoms with Gasteiger partial charge < -0.3 is 20.1 Å². The van der Waals surface area contributed by atoms with Crippen molar-refractivity contribution in [1.29, 1.82) is 0 Å². The molecular weight excluding hydrogens is 444 g/mol. The molecule has 0 radical (unpaired) electrons. The maximum atomic E-state index is 13.0. The number of thiazole rings is 1. The lowest BCUT2D eigenvalue weighted by atomic mass is 10.1. The first-order chi connectivity index (χ1) is 16.0. The molecule has 0 spiro atoms. The van der Waals surface area contributed by atoms with Gasteiger partial charge in [-0.2, -0.15) is 0 Å². The van der Waals surface area contributed by atoms with Crippen molar-refractivity contribution in [2.45, 2.75) is 51.3 Å². The molecule has 3 heterocycles. The molecule has 1 aromatic carbocycles. The van der Waals surface area contributed by atoms with E-state index in [-0.39, 0.29) is 36.2 Å². The average molecular weight is 473 g/mol. The molecule has 2 saturated heterocycles. The first-order valence-electron chi connectivity index (χ1n) is 11.2. The first kappa shape index (κ1) is 23.2. The lowest BCUT2D eigenvalue weighted by Crippen LogP contribution is -2.39. The van der Waals surface area contributed by atoms with Gasteiger partial charge in [-0.05, 0) is 31.2 Å². The molecule has 33 heavy (non-hydrogen) atoms. The van der Waals surface area contributed by atoms with Crippen LogP contribution in [0.25, 0.3) is 0 Å². The fourth-order valence-electron chi connectivity index (χ4n) is 4.02. The van der Waals surface area contributed by atoms with Crippen LogP contribution in [0.5, 0.6) is 0 Å². The molecule has 2 N–H and O–H groups in total. The molecule has 176 valence electrons. The Morgan fingerprint density at radius 3 is 2.67 bits per heavy atom. The third-order valence-corrected chi connectivity index (χ3v) is 6.75. The van der Waals surface area contributed by atoms with Gasteiger partial charge in [0.1, 0.15) is 16.6 Å². The van der Waals surface area contributed by atoms with Crippen molar-refractivity contribution in [3.63, 3.8) is 0 Å². The Bertz CT molecular complexity index is 990. The number of hydrogen-bond acceptors (Lipinski definition) is 7. The van der Waals surface area contributed by atoms with E-state index in [9.17, 15) is 14.4 Å². The highest BCUT2D eigenvalue weighted by molar-refractivity contribution is 7.16. The topological polar surface area (TPSA) is 110 Å². The molecule has 2 fully saturated rings. The van der Waals surface area contributed by atoms with Crippen molar-refractivity contribution in [1.82, 2.24) is 15.2 Å². The van der Waals surface area contributed by atoms with Gasteiger partial charge in [0.25, 0.3) is 5.91 Å². The second-order valence-electron chi connectivity index (χ2n) is 8.16. The number of benzene rings is 1.